The lowest BCUT2D eigenvalue weighted by molar-refractivity contribution is -0.151. The van der Waals surface area contributed by atoms with E-state index in [9.17, 15) is 38.4 Å². The second-order valence-electron chi connectivity index (χ2n) is 38.4. The minimum Gasteiger partial charge on any atom is -0.466 e. The zero-order chi connectivity index (χ0) is 94.4. The Labute approximate surface area is 795 Å². The molecule has 2 aromatic rings. The molecule has 3 rings (SSSR count). The third-order valence-corrected chi connectivity index (χ3v) is 26.4. The molecule has 0 aromatic heterocycles. The first-order valence-corrected chi connectivity index (χ1v) is 55.2. The Morgan fingerprint density at radius 1 is 0.315 bits per heavy atom. The highest BCUT2D eigenvalue weighted by Crippen LogP contribution is 2.26. The molecule has 0 spiro atoms. The first-order valence-electron chi connectivity index (χ1n) is 55.2. The highest BCUT2D eigenvalue weighted by molar-refractivity contribution is 5.76. The molecule has 758 valence electrons. The van der Waals surface area contributed by atoms with Gasteiger partial charge in [0, 0.05) is 85.2 Å². The van der Waals surface area contributed by atoms with Crippen LogP contribution >= 0.6 is 0 Å². The average Bonchev–Trinajstić information content (AvgIpc) is 0.777. The number of hydrogen-bond acceptors (Lipinski definition) is 21. The Hall–Kier alpha value is -4.96. The van der Waals surface area contributed by atoms with Gasteiger partial charge < -0.3 is 63.6 Å². The quantitative estimate of drug-likeness (QED) is 0.0206. The van der Waals surface area contributed by atoms with Crippen molar-refractivity contribution in [2.45, 2.75) is 497 Å². The Morgan fingerprint density at radius 3 is 0.946 bits per heavy atom. The maximum atomic E-state index is 12.9. The lowest BCUT2D eigenvalue weighted by Gasteiger charge is -2.35. The number of anilines is 4. The highest BCUT2D eigenvalue weighted by Gasteiger charge is 2.29. The summed E-state index contributed by atoms with van der Waals surface area (Å²) in [5, 5.41) is 6.63. The van der Waals surface area contributed by atoms with Crippen LogP contribution in [0.25, 0.3) is 0 Å². The number of ether oxygens (including phenoxy) is 6. The molecule has 21 nitrogen and oxygen atoms in total. The topological polar surface area (TPSA) is 232 Å². The third-order valence-electron chi connectivity index (χ3n) is 26.4. The van der Waals surface area contributed by atoms with Crippen LogP contribution in [0.5, 0.6) is 0 Å². The monoisotopic (exact) mass is 1830 g/mol. The van der Waals surface area contributed by atoms with E-state index in [4.69, 9.17) is 28.4 Å². The fourth-order valence-corrected chi connectivity index (χ4v) is 17.9. The standard InChI is InChI=1S/C55H103N3O8.C54H100N4O6/c1-6-10-13-16-19-28-35-46-65-50(59)39-31-24-20-26-33-42-57(44-36-41-56-52-53(55(62)54(52)61)58(45-47-63-5)48-64-9-4)43-34-27-21-25-32-40-51(60)66-49(37-29-22-17-14-11-7-2)38-30-23-18-15-12-8-3;1-5-8-11-14-17-26-33-47-63-49(59)37-29-22-18-24-31-40-57(42-34-39-55-51-52(54(62)53(51)61)58-45-43-56(4)44-46-58)41-32-25-19-23-30-38-50(60)64-48(35-27-20-15-12-9-6-2)36-28-21-16-13-10-7-3/h49,56H,6-48H2,1-5H3;48,55H,5-47H2,1-4H3. The van der Waals surface area contributed by atoms with Gasteiger partial charge in [-0.2, -0.15) is 0 Å². The molecule has 21 heteroatoms. The number of likely N-dealkylation sites (N-methyl/N-ethyl adjacent to an activating group) is 1. The number of nitrogens with one attached hydrogen (secondary N) is 2. The normalized spacial score (nSPS) is 12.5. The first-order chi connectivity index (χ1) is 63.6. The number of piperazine rings is 1. The SMILES string of the molecule is CCCCCCCCCOC(=O)CCCCCCCN(CCCCCCCC(=O)OC(CCCCCCCC)CCCCCCCC)CCCNc1c(N(CCOC)COCC)c(=O)c1=O.CCCCCCCCCOC(=O)CCCCCCCN(CCCCCCCC(=O)OC(CCCCCCCC)CCCCCCCC)CCCNc1c(N2CCN(C)CC2)c(=O)c1=O. The second kappa shape index (κ2) is 88.0. The number of nitrogens with zero attached hydrogens (tertiary/aromatic N) is 5. The summed E-state index contributed by atoms with van der Waals surface area (Å²) in [5.41, 5.74) is 0.240. The predicted molar refractivity (Wildman–Crippen MR) is 548 cm³/mol. The number of hydrogen-bond donors (Lipinski definition) is 2. The molecule has 1 fully saturated rings. The van der Waals surface area contributed by atoms with Gasteiger partial charge in [-0.1, -0.05) is 324 Å². The lowest BCUT2D eigenvalue weighted by Crippen LogP contribution is -2.50. The zero-order valence-electron chi connectivity index (χ0n) is 85.9. The van der Waals surface area contributed by atoms with E-state index < -0.39 is 10.9 Å². The van der Waals surface area contributed by atoms with Gasteiger partial charge in [-0.25, -0.2) is 0 Å². The first kappa shape index (κ1) is 121. The molecule has 0 amide bonds. The maximum Gasteiger partial charge on any atom is 0.306 e. The minimum absolute atomic E-state index is 0.000121. The summed E-state index contributed by atoms with van der Waals surface area (Å²) in [6, 6.07) is 0. The van der Waals surface area contributed by atoms with Crippen molar-refractivity contribution in [3.63, 3.8) is 0 Å². The number of carbonyl (C=O) groups is 4. The van der Waals surface area contributed by atoms with Gasteiger partial charge >= 0.3 is 23.9 Å². The number of rotatable bonds is 96. The average molecular weight is 1840 g/mol. The summed E-state index contributed by atoms with van der Waals surface area (Å²) in [6.07, 6.45) is 76.8. The molecule has 2 N–H and O–H groups in total. The van der Waals surface area contributed by atoms with Crippen molar-refractivity contribution in [2.75, 3.05) is 153 Å². The largest absolute Gasteiger partial charge is 0.466 e. The summed E-state index contributed by atoms with van der Waals surface area (Å²) >= 11 is 0. The van der Waals surface area contributed by atoms with Crippen molar-refractivity contribution >= 4 is 46.6 Å². The van der Waals surface area contributed by atoms with Crippen LogP contribution in [0.15, 0.2) is 19.2 Å². The van der Waals surface area contributed by atoms with Crippen LogP contribution in [-0.4, -0.2) is 183 Å². The number of methoxy groups -OCH3 is 1. The molecular formula is C109H203N7O14. The highest BCUT2D eigenvalue weighted by atomic mass is 16.6. The van der Waals surface area contributed by atoms with Crippen molar-refractivity contribution in [1.82, 2.24) is 14.7 Å². The van der Waals surface area contributed by atoms with Crippen LogP contribution < -0.4 is 42.1 Å². The molecular weight excluding hydrogens is 1630 g/mol. The summed E-state index contributed by atoms with van der Waals surface area (Å²) in [6.45, 7) is 28.7. The molecule has 0 unspecified atom stereocenters. The van der Waals surface area contributed by atoms with E-state index in [0.29, 0.717) is 94.5 Å². The van der Waals surface area contributed by atoms with Gasteiger partial charge in [0.15, 0.2) is 0 Å². The number of carbonyl (C=O) groups excluding carboxylic acids is 4. The van der Waals surface area contributed by atoms with Gasteiger partial charge in [-0.05, 0) is 182 Å². The molecule has 1 aliphatic heterocycles. The molecule has 2 aromatic carbocycles. The summed E-state index contributed by atoms with van der Waals surface area (Å²) in [5.74, 6) is -0.112. The Bertz CT molecular complexity index is 3030. The van der Waals surface area contributed by atoms with Crippen LogP contribution in [0, 0.1) is 0 Å². The van der Waals surface area contributed by atoms with Crippen molar-refractivity contribution in [3.05, 3.63) is 40.9 Å². The zero-order valence-corrected chi connectivity index (χ0v) is 85.9. The Kier molecular flexibility index (Phi) is 82.0. The van der Waals surface area contributed by atoms with Crippen LogP contribution in [0.1, 0.15) is 485 Å². The van der Waals surface area contributed by atoms with Crippen molar-refractivity contribution < 1.29 is 47.6 Å². The van der Waals surface area contributed by atoms with Crippen molar-refractivity contribution in [1.29, 1.82) is 0 Å². The molecule has 1 aliphatic rings. The second-order valence-corrected chi connectivity index (χ2v) is 38.4. The van der Waals surface area contributed by atoms with E-state index in [0.717, 1.165) is 271 Å². The summed E-state index contributed by atoms with van der Waals surface area (Å²) < 4.78 is 34.0. The molecule has 130 heavy (non-hydrogen) atoms. The smallest absolute Gasteiger partial charge is 0.306 e. The molecule has 0 saturated carbocycles. The van der Waals surface area contributed by atoms with Gasteiger partial charge in [-0.15, -0.1) is 0 Å². The van der Waals surface area contributed by atoms with E-state index in [-0.39, 0.29) is 53.7 Å². The van der Waals surface area contributed by atoms with Gasteiger partial charge in [0.1, 0.15) is 41.7 Å². The fourth-order valence-electron chi connectivity index (χ4n) is 17.9. The number of unbranched alkanes of at least 4 members (excludes halogenated alkanes) is 48. The van der Waals surface area contributed by atoms with Crippen molar-refractivity contribution in [2.24, 2.45) is 0 Å². The summed E-state index contributed by atoms with van der Waals surface area (Å²) in [7, 11) is 3.71. The van der Waals surface area contributed by atoms with Crippen LogP contribution in [0.2, 0.25) is 0 Å². The van der Waals surface area contributed by atoms with E-state index in [2.05, 4.69) is 78.8 Å². The third kappa shape index (κ3) is 65.7. The number of esters is 4. The molecule has 1 saturated heterocycles. The van der Waals surface area contributed by atoms with Gasteiger partial charge in [0.25, 0.3) is 21.7 Å². The molecule has 0 radical (unpaired) electrons. The molecule has 0 atom stereocenters. The maximum absolute atomic E-state index is 12.9. The van der Waals surface area contributed by atoms with Crippen LogP contribution in [0.4, 0.5) is 22.7 Å². The summed E-state index contributed by atoms with van der Waals surface area (Å²) in [4.78, 5) is 112. The van der Waals surface area contributed by atoms with Gasteiger partial charge in [0.05, 0.1) is 19.8 Å². The Morgan fingerprint density at radius 2 is 0.608 bits per heavy atom. The van der Waals surface area contributed by atoms with Gasteiger partial charge in [0.2, 0.25) is 0 Å². The van der Waals surface area contributed by atoms with Crippen molar-refractivity contribution in [3.8, 4) is 0 Å². The molecule has 0 aliphatic carbocycles. The minimum atomic E-state index is -0.469. The van der Waals surface area contributed by atoms with E-state index in [1.807, 2.05) is 6.92 Å². The molecule has 1 heterocycles. The van der Waals surface area contributed by atoms with Gasteiger partial charge in [-0.3, -0.25) is 38.4 Å². The fraction of sp³-hybridized carbons (Fsp3) is 0.890. The van der Waals surface area contributed by atoms with E-state index >= 15 is 0 Å². The lowest BCUT2D eigenvalue weighted by atomic mass is 10.0. The van der Waals surface area contributed by atoms with E-state index in [1.54, 1.807) is 12.0 Å². The Balaban J connectivity index is 0.000000880. The molecule has 0 bridgehead atoms. The van der Waals surface area contributed by atoms with Crippen LogP contribution in [-0.2, 0) is 47.6 Å². The van der Waals surface area contributed by atoms with E-state index in [1.165, 1.54) is 205 Å². The predicted octanol–water partition coefficient (Wildman–Crippen LogP) is 25.7. The van der Waals surface area contributed by atoms with Crippen LogP contribution in [0.3, 0.4) is 0 Å².